The van der Waals surface area contributed by atoms with Crippen molar-refractivity contribution in [2.75, 3.05) is 25.5 Å². The number of nitrogens with zero attached hydrogens (tertiary/aromatic N) is 2. The van der Waals surface area contributed by atoms with Gasteiger partial charge < -0.3 is 15.1 Å². The third-order valence-electron chi connectivity index (χ3n) is 5.83. The number of amides is 2. The quantitative estimate of drug-likeness (QED) is 0.829. The lowest BCUT2D eigenvalue weighted by molar-refractivity contribution is 0.0904. The highest BCUT2D eigenvalue weighted by Gasteiger charge is 2.41. The van der Waals surface area contributed by atoms with Crippen LogP contribution in [0, 0.1) is 11.6 Å². The lowest BCUT2D eigenvalue weighted by Crippen LogP contribution is -2.55. The number of rotatable bonds is 2. The van der Waals surface area contributed by atoms with E-state index >= 15 is 0 Å². The van der Waals surface area contributed by atoms with Gasteiger partial charge in [-0.2, -0.15) is 0 Å². The number of Topliss-reactive ketones (excluding diaryl/α,β-unsaturated/α-hetero) is 1. The molecular weight excluding hydrogens is 376 g/mol. The summed E-state index contributed by atoms with van der Waals surface area (Å²) in [6, 6.07) is 10.2. The van der Waals surface area contributed by atoms with Gasteiger partial charge in [0.05, 0.1) is 0 Å². The first-order chi connectivity index (χ1) is 13.8. The summed E-state index contributed by atoms with van der Waals surface area (Å²) in [6.45, 7) is 1.46. The molecule has 2 aliphatic heterocycles. The largest absolute Gasteiger partial charge is 0.378 e. The number of hydrogen-bond acceptors (Lipinski definition) is 3. The Morgan fingerprint density at radius 2 is 1.76 bits per heavy atom. The Morgan fingerprint density at radius 1 is 1.10 bits per heavy atom. The number of ketones is 1. The standard InChI is InChI=1S/C22H23F2N3O2/c1-26(14-15-2-4-16(23)5-3-15)21(29)27-10-8-22(9-11-27)13-20(28)18-12-17(24)6-7-19(18)25-22/h2-7,12,25H,8-11,13-14H2,1H3. The van der Waals surface area contributed by atoms with E-state index in [1.165, 1.54) is 24.3 Å². The number of piperidine rings is 1. The molecule has 1 fully saturated rings. The summed E-state index contributed by atoms with van der Waals surface area (Å²) in [6.07, 6.45) is 1.59. The van der Waals surface area contributed by atoms with E-state index in [1.807, 2.05) is 0 Å². The molecule has 2 aliphatic rings. The van der Waals surface area contributed by atoms with Crippen molar-refractivity contribution in [3.63, 3.8) is 0 Å². The fraction of sp³-hybridized carbons (Fsp3) is 0.364. The molecule has 0 saturated carbocycles. The summed E-state index contributed by atoms with van der Waals surface area (Å²) in [5.41, 5.74) is 1.52. The normalized spacial score (nSPS) is 17.6. The average molecular weight is 399 g/mol. The van der Waals surface area contributed by atoms with Crippen LogP contribution in [0.15, 0.2) is 42.5 Å². The van der Waals surface area contributed by atoms with Crippen molar-refractivity contribution < 1.29 is 18.4 Å². The zero-order valence-corrected chi connectivity index (χ0v) is 16.3. The van der Waals surface area contributed by atoms with Crippen molar-refractivity contribution in [2.45, 2.75) is 31.3 Å². The van der Waals surface area contributed by atoms with Gasteiger partial charge in [-0.1, -0.05) is 12.1 Å². The molecule has 5 nitrogen and oxygen atoms in total. The maximum atomic E-state index is 13.4. The molecule has 1 saturated heterocycles. The average Bonchev–Trinajstić information content (AvgIpc) is 2.70. The summed E-state index contributed by atoms with van der Waals surface area (Å²) >= 11 is 0. The molecule has 0 radical (unpaired) electrons. The van der Waals surface area contributed by atoms with E-state index in [1.54, 1.807) is 35.0 Å². The zero-order valence-electron chi connectivity index (χ0n) is 16.3. The molecule has 2 aromatic carbocycles. The van der Waals surface area contributed by atoms with Gasteiger partial charge in [0.25, 0.3) is 0 Å². The lowest BCUT2D eigenvalue weighted by Gasteiger charge is -2.45. The minimum Gasteiger partial charge on any atom is -0.378 e. The highest BCUT2D eigenvalue weighted by Crippen LogP contribution is 2.37. The number of carbonyl (C=O) groups is 2. The van der Waals surface area contributed by atoms with Crippen LogP contribution < -0.4 is 5.32 Å². The first-order valence-electron chi connectivity index (χ1n) is 9.71. The molecule has 4 rings (SSSR count). The maximum Gasteiger partial charge on any atom is 0.320 e. The Labute approximate surface area is 168 Å². The smallest absolute Gasteiger partial charge is 0.320 e. The third kappa shape index (κ3) is 3.95. The van der Waals surface area contributed by atoms with Crippen molar-refractivity contribution in [1.82, 2.24) is 9.80 Å². The minimum atomic E-state index is -0.417. The second-order valence-electron chi connectivity index (χ2n) is 7.95. The van der Waals surface area contributed by atoms with Gasteiger partial charge in [0.1, 0.15) is 11.6 Å². The summed E-state index contributed by atoms with van der Waals surface area (Å²) in [5.74, 6) is -0.784. The first kappa shape index (κ1) is 19.4. The van der Waals surface area contributed by atoms with E-state index < -0.39 is 11.4 Å². The number of urea groups is 1. The number of carbonyl (C=O) groups excluding carboxylic acids is 2. The first-order valence-corrected chi connectivity index (χ1v) is 9.71. The third-order valence-corrected chi connectivity index (χ3v) is 5.83. The Bertz CT molecular complexity index is 938. The number of nitrogens with one attached hydrogen (secondary N) is 1. The predicted octanol–water partition coefficient (Wildman–Crippen LogP) is 4.05. The summed E-state index contributed by atoms with van der Waals surface area (Å²) in [4.78, 5) is 28.7. The van der Waals surface area contributed by atoms with Crippen molar-refractivity contribution in [3.05, 3.63) is 65.2 Å². The van der Waals surface area contributed by atoms with Gasteiger partial charge in [-0.05, 0) is 48.7 Å². The molecule has 0 bridgehead atoms. The molecule has 152 valence electrons. The van der Waals surface area contributed by atoms with Crippen LogP contribution in [0.3, 0.4) is 0 Å². The van der Waals surface area contributed by atoms with Crippen LogP contribution >= 0.6 is 0 Å². The zero-order chi connectivity index (χ0) is 20.6. The van der Waals surface area contributed by atoms with Crippen LogP contribution in [-0.2, 0) is 6.54 Å². The van der Waals surface area contributed by atoms with E-state index in [4.69, 9.17) is 0 Å². The number of hydrogen-bond donors (Lipinski definition) is 1. The number of benzene rings is 2. The van der Waals surface area contributed by atoms with Gasteiger partial charge in [-0.25, -0.2) is 13.6 Å². The molecule has 0 atom stereocenters. The minimum absolute atomic E-state index is 0.0635. The van der Waals surface area contributed by atoms with Crippen LogP contribution in [0.25, 0.3) is 0 Å². The number of halogens is 2. The number of likely N-dealkylation sites (tertiary alicyclic amines) is 1. The van der Waals surface area contributed by atoms with Crippen molar-refractivity contribution in [3.8, 4) is 0 Å². The molecule has 7 heteroatoms. The summed E-state index contributed by atoms with van der Waals surface area (Å²) in [7, 11) is 1.73. The lowest BCUT2D eigenvalue weighted by atomic mass is 9.78. The monoisotopic (exact) mass is 399 g/mol. The van der Waals surface area contributed by atoms with Crippen LogP contribution in [0.5, 0.6) is 0 Å². The topological polar surface area (TPSA) is 52.7 Å². The van der Waals surface area contributed by atoms with E-state index in [0.717, 1.165) is 5.56 Å². The number of anilines is 1. The van der Waals surface area contributed by atoms with Gasteiger partial charge in [0.2, 0.25) is 0 Å². The Morgan fingerprint density at radius 3 is 2.45 bits per heavy atom. The molecule has 1 N–H and O–H groups in total. The SMILES string of the molecule is CN(Cc1ccc(F)cc1)C(=O)N1CCC2(CC1)CC(=O)c1cc(F)ccc1N2. The Hall–Kier alpha value is -2.96. The molecular formula is C22H23F2N3O2. The van der Waals surface area contributed by atoms with Crippen LogP contribution in [0.1, 0.15) is 35.2 Å². The van der Waals surface area contributed by atoms with Gasteiger partial charge in [0.15, 0.2) is 5.78 Å². The van der Waals surface area contributed by atoms with Gasteiger partial charge in [-0.15, -0.1) is 0 Å². The Kier molecular flexibility index (Phi) is 4.98. The molecule has 0 aromatic heterocycles. The highest BCUT2D eigenvalue weighted by atomic mass is 19.1. The van der Waals surface area contributed by atoms with E-state index in [2.05, 4.69) is 5.32 Å². The van der Waals surface area contributed by atoms with Crippen molar-refractivity contribution in [1.29, 1.82) is 0 Å². The van der Waals surface area contributed by atoms with Crippen molar-refractivity contribution in [2.24, 2.45) is 0 Å². The second kappa shape index (κ2) is 7.46. The van der Waals surface area contributed by atoms with E-state index in [0.29, 0.717) is 50.1 Å². The summed E-state index contributed by atoms with van der Waals surface area (Å²) < 4.78 is 26.5. The van der Waals surface area contributed by atoms with E-state index in [-0.39, 0.29) is 17.6 Å². The molecule has 29 heavy (non-hydrogen) atoms. The Balaban J connectivity index is 1.39. The summed E-state index contributed by atoms with van der Waals surface area (Å²) in [5, 5.41) is 3.43. The van der Waals surface area contributed by atoms with Crippen molar-refractivity contribution >= 4 is 17.5 Å². The molecule has 0 unspecified atom stereocenters. The highest BCUT2D eigenvalue weighted by molar-refractivity contribution is 6.04. The van der Waals surface area contributed by atoms with Gasteiger partial charge in [0, 0.05) is 49.9 Å². The fourth-order valence-electron chi connectivity index (χ4n) is 4.19. The molecule has 2 heterocycles. The molecule has 1 spiro atoms. The number of fused-ring (bicyclic) bond motifs is 1. The van der Waals surface area contributed by atoms with Gasteiger partial charge in [-0.3, -0.25) is 4.79 Å². The van der Waals surface area contributed by atoms with Crippen LogP contribution in [-0.4, -0.2) is 47.3 Å². The molecule has 2 amide bonds. The fourth-order valence-corrected chi connectivity index (χ4v) is 4.19. The second-order valence-corrected chi connectivity index (χ2v) is 7.95. The molecule has 0 aliphatic carbocycles. The van der Waals surface area contributed by atoms with E-state index in [9.17, 15) is 18.4 Å². The predicted molar refractivity (Wildman–Crippen MR) is 106 cm³/mol. The maximum absolute atomic E-state index is 13.4. The van der Waals surface area contributed by atoms with Crippen LogP contribution in [0.4, 0.5) is 19.3 Å². The van der Waals surface area contributed by atoms with Gasteiger partial charge >= 0.3 is 6.03 Å². The molecule has 2 aromatic rings. The van der Waals surface area contributed by atoms with Crippen LogP contribution in [0.2, 0.25) is 0 Å².